The van der Waals surface area contributed by atoms with Crippen LogP contribution in [-0.4, -0.2) is 30.4 Å². The van der Waals surface area contributed by atoms with Crippen LogP contribution in [0.2, 0.25) is 0 Å². The van der Waals surface area contributed by atoms with Gasteiger partial charge in [-0.1, -0.05) is 13.8 Å². The molecule has 1 saturated carbocycles. The molecule has 2 unspecified atom stereocenters. The van der Waals surface area contributed by atoms with Crippen molar-refractivity contribution in [2.45, 2.75) is 45.3 Å². The minimum absolute atomic E-state index is 0.402. The number of hydrogen-bond donors (Lipinski definition) is 2. The third-order valence-electron chi connectivity index (χ3n) is 3.21. The molecule has 92 valence electrons. The van der Waals surface area contributed by atoms with Crippen LogP contribution in [0.5, 0.6) is 0 Å². The topological polar surface area (TPSA) is 33.3 Å². The first-order chi connectivity index (χ1) is 7.66. The zero-order chi connectivity index (χ0) is 11.5. The number of hydrogen-bond acceptors (Lipinski definition) is 2. The van der Waals surface area contributed by atoms with Gasteiger partial charge in [-0.15, -0.1) is 0 Å². The van der Waals surface area contributed by atoms with Crippen LogP contribution in [0.4, 0.5) is 0 Å². The zero-order valence-corrected chi connectivity index (χ0v) is 11.0. The first-order valence-corrected chi connectivity index (χ1v) is 6.73. The van der Waals surface area contributed by atoms with Crippen LogP contribution in [-0.2, 0) is 4.74 Å². The molecule has 0 amide bonds. The Bertz CT molecular complexity index is 253. The van der Waals surface area contributed by atoms with E-state index in [-0.39, 0.29) is 0 Å². The predicted molar refractivity (Wildman–Crippen MR) is 69.4 cm³/mol. The van der Waals surface area contributed by atoms with Gasteiger partial charge in [-0.05, 0) is 43.3 Å². The molecule has 0 aromatic rings. The third kappa shape index (κ3) is 3.32. The van der Waals surface area contributed by atoms with Gasteiger partial charge in [0.1, 0.15) is 0 Å². The average molecular weight is 242 g/mol. The van der Waals surface area contributed by atoms with Crippen molar-refractivity contribution in [2.75, 3.05) is 13.2 Å². The third-order valence-corrected chi connectivity index (χ3v) is 3.47. The van der Waals surface area contributed by atoms with E-state index in [9.17, 15) is 0 Å². The molecule has 1 aliphatic carbocycles. The Morgan fingerprint density at radius 1 is 1.38 bits per heavy atom. The zero-order valence-electron chi connectivity index (χ0n) is 10.2. The van der Waals surface area contributed by atoms with Gasteiger partial charge in [-0.3, -0.25) is 0 Å². The summed E-state index contributed by atoms with van der Waals surface area (Å²) in [6.45, 7) is 6.18. The second kappa shape index (κ2) is 5.32. The summed E-state index contributed by atoms with van der Waals surface area (Å²) in [5.41, 5.74) is 0. The standard InChI is InChI=1S/C12H22N2OS/c1-8(2)7-13-12(16)14-10-5-6-15-11(10)9-3-4-9/h8-11H,3-7H2,1-2H3,(H2,13,14,16). The number of rotatable bonds is 4. The largest absolute Gasteiger partial charge is 0.376 e. The van der Waals surface area contributed by atoms with Crippen LogP contribution >= 0.6 is 12.2 Å². The lowest BCUT2D eigenvalue weighted by atomic mass is 10.1. The van der Waals surface area contributed by atoms with Crippen LogP contribution in [0, 0.1) is 11.8 Å². The van der Waals surface area contributed by atoms with Crippen molar-refractivity contribution in [3.63, 3.8) is 0 Å². The van der Waals surface area contributed by atoms with Crippen molar-refractivity contribution in [3.05, 3.63) is 0 Å². The first-order valence-electron chi connectivity index (χ1n) is 6.33. The summed E-state index contributed by atoms with van der Waals surface area (Å²) < 4.78 is 5.77. The molecule has 2 atom stereocenters. The van der Waals surface area contributed by atoms with Crippen LogP contribution in [0.25, 0.3) is 0 Å². The molecule has 1 aliphatic heterocycles. The van der Waals surface area contributed by atoms with Gasteiger partial charge in [0.05, 0.1) is 12.1 Å². The Morgan fingerprint density at radius 3 is 2.75 bits per heavy atom. The molecule has 0 aromatic heterocycles. The van der Waals surface area contributed by atoms with Gasteiger partial charge in [-0.25, -0.2) is 0 Å². The summed E-state index contributed by atoms with van der Waals surface area (Å²) in [7, 11) is 0. The molecule has 3 nitrogen and oxygen atoms in total. The van der Waals surface area contributed by atoms with E-state index in [1.807, 2.05) is 0 Å². The Balaban J connectivity index is 1.73. The Labute approximate surface area is 103 Å². The van der Waals surface area contributed by atoms with Crippen molar-refractivity contribution in [2.24, 2.45) is 11.8 Å². The van der Waals surface area contributed by atoms with E-state index in [2.05, 4.69) is 24.5 Å². The molecule has 2 fully saturated rings. The van der Waals surface area contributed by atoms with Gasteiger partial charge >= 0.3 is 0 Å². The molecule has 0 radical (unpaired) electrons. The van der Waals surface area contributed by atoms with Crippen LogP contribution in [0.15, 0.2) is 0 Å². The molecule has 2 rings (SSSR count). The van der Waals surface area contributed by atoms with Gasteiger partial charge in [0.15, 0.2) is 5.11 Å². The maximum atomic E-state index is 5.77. The molecule has 16 heavy (non-hydrogen) atoms. The summed E-state index contributed by atoms with van der Waals surface area (Å²) in [6, 6.07) is 0.430. The Hall–Kier alpha value is -0.350. The van der Waals surface area contributed by atoms with Crippen molar-refractivity contribution in [1.29, 1.82) is 0 Å². The lowest BCUT2D eigenvalue weighted by Crippen LogP contribution is -2.46. The lowest BCUT2D eigenvalue weighted by Gasteiger charge is -2.21. The molecule has 4 heteroatoms. The van der Waals surface area contributed by atoms with E-state index in [1.54, 1.807) is 0 Å². The van der Waals surface area contributed by atoms with Gasteiger partial charge in [0.25, 0.3) is 0 Å². The fourth-order valence-corrected chi connectivity index (χ4v) is 2.41. The highest BCUT2D eigenvalue weighted by atomic mass is 32.1. The highest BCUT2D eigenvalue weighted by molar-refractivity contribution is 7.80. The molecule has 0 bridgehead atoms. The minimum atomic E-state index is 0.402. The molecular formula is C12H22N2OS. The minimum Gasteiger partial charge on any atom is -0.376 e. The maximum Gasteiger partial charge on any atom is 0.166 e. The Kier molecular flexibility index (Phi) is 4.03. The average Bonchev–Trinajstić information content (AvgIpc) is 2.97. The van der Waals surface area contributed by atoms with Crippen LogP contribution in [0.3, 0.4) is 0 Å². The fraction of sp³-hybridized carbons (Fsp3) is 0.917. The van der Waals surface area contributed by atoms with Crippen molar-refractivity contribution < 1.29 is 4.74 Å². The summed E-state index contributed by atoms with van der Waals surface area (Å²) in [4.78, 5) is 0. The summed E-state index contributed by atoms with van der Waals surface area (Å²) in [6.07, 6.45) is 4.15. The quantitative estimate of drug-likeness (QED) is 0.735. The second-order valence-electron chi connectivity index (χ2n) is 5.32. The van der Waals surface area contributed by atoms with E-state index in [1.165, 1.54) is 12.8 Å². The molecule has 1 heterocycles. The number of ether oxygens (including phenoxy) is 1. The lowest BCUT2D eigenvalue weighted by molar-refractivity contribution is 0.0842. The highest BCUT2D eigenvalue weighted by Gasteiger charge is 2.40. The molecule has 1 saturated heterocycles. The van der Waals surface area contributed by atoms with E-state index in [0.29, 0.717) is 18.1 Å². The summed E-state index contributed by atoms with van der Waals surface area (Å²) in [5.74, 6) is 1.41. The predicted octanol–water partition coefficient (Wildman–Crippen LogP) is 1.67. The molecule has 2 N–H and O–H groups in total. The van der Waals surface area contributed by atoms with Crippen molar-refractivity contribution in [1.82, 2.24) is 10.6 Å². The smallest absolute Gasteiger partial charge is 0.166 e. The molecule has 0 aromatic carbocycles. The van der Waals surface area contributed by atoms with Crippen molar-refractivity contribution >= 4 is 17.3 Å². The first kappa shape index (κ1) is 12.1. The van der Waals surface area contributed by atoms with Gasteiger partial charge in [0, 0.05) is 13.2 Å². The summed E-state index contributed by atoms with van der Waals surface area (Å²) >= 11 is 5.29. The van der Waals surface area contributed by atoms with Gasteiger partial charge in [-0.2, -0.15) is 0 Å². The van der Waals surface area contributed by atoms with E-state index >= 15 is 0 Å². The van der Waals surface area contributed by atoms with Gasteiger partial charge in [0.2, 0.25) is 0 Å². The van der Waals surface area contributed by atoms with Crippen LogP contribution in [0.1, 0.15) is 33.1 Å². The van der Waals surface area contributed by atoms with E-state index < -0.39 is 0 Å². The number of thiocarbonyl (C=S) groups is 1. The van der Waals surface area contributed by atoms with Gasteiger partial charge < -0.3 is 15.4 Å². The van der Waals surface area contributed by atoms with Crippen molar-refractivity contribution in [3.8, 4) is 0 Å². The maximum absolute atomic E-state index is 5.77. The Morgan fingerprint density at radius 2 is 2.12 bits per heavy atom. The SMILES string of the molecule is CC(C)CNC(=S)NC1CCOC1C1CC1. The van der Waals surface area contributed by atoms with Crippen LogP contribution < -0.4 is 10.6 Å². The van der Waals surface area contributed by atoms with E-state index in [4.69, 9.17) is 17.0 Å². The molecule has 0 spiro atoms. The highest BCUT2D eigenvalue weighted by Crippen LogP contribution is 2.38. The molecular weight excluding hydrogens is 220 g/mol. The fourth-order valence-electron chi connectivity index (χ4n) is 2.17. The second-order valence-corrected chi connectivity index (χ2v) is 5.72. The van der Waals surface area contributed by atoms with E-state index in [0.717, 1.165) is 30.6 Å². The normalized spacial score (nSPS) is 29.4. The summed E-state index contributed by atoms with van der Waals surface area (Å²) in [5, 5.41) is 7.44. The monoisotopic (exact) mass is 242 g/mol. The number of nitrogens with one attached hydrogen (secondary N) is 2. The molecule has 2 aliphatic rings.